The van der Waals surface area contributed by atoms with Gasteiger partial charge in [0.1, 0.15) is 6.26 Å². The average Bonchev–Trinajstić information content (AvgIpc) is 2.88. The molecular formula is C13H23N3O3. The summed E-state index contributed by atoms with van der Waals surface area (Å²) < 4.78 is 10.4. The van der Waals surface area contributed by atoms with Crippen LogP contribution in [0.15, 0.2) is 10.7 Å². The summed E-state index contributed by atoms with van der Waals surface area (Å²) in [7, 11) is 0. The smallest absolute Gasteiger partial charge is 0.273 e. The molecule has 1 aromatic heterocycles. The maximum Gasteiger partial charge on any atom is 0.273 e. The zero-order chi connectivity index (χ0) is 14.1. The van der Waals surface area contributed by atoms with Gasteiger partial charge in [0, 0.05) is 19.8 Å². The Morgan fingerprint density at radius 1 is 1.58 bits per heavy atom. The Balaban J connectivity index is 2.36. The fourth-order valence-corrected chi connectivity index (χ4v) is 1.61. The normalized spacial score (nSPS) is 12.4. The van der Waals surface area contributed by atoms with Gasteiger partial charge in [0.25, 0.3) is 5.91 Å². The number of rotatable bonds is 9. The molecule has 108 valence electrons. The summed E-state index contributed by atoms with van der Waals surface area (Å²) in [6.07, 6.45) is 3.86. The average molecular weight is 269 g/mol. The Hall–Kier alpha value is -1.40. The van der Waals surface area contributed by atoms with Crippen molar-refractivity contribution in [2.75, 3.05) is 19.8 Å². The summed E-state index contributed by atoms with van der Waals surface area (Å²) in [5, 5.41) is 2.76. The van der Waals surface area contributed by atoms with E-state index in [-0.39, 0.29) is 17.6 Å². The molecule has 6 nitrogen and oxygen atoms in total. The molecule has 0 spiro atoms. The monoisotopic (exact) mass is 269 g/mol. The number of nitrogens with zero attached hydrogens (tertiary/aromatic N) is 1. The highest BCUT2D eigenvalue weighted by molar-refractivity contribution is 5.91. The molecule has 0 saturated heterocycles. The molecule has 3 N–H and O–H groups in total. The molecule has 19 heavy (non-hydrogen) atoms. The van der Waals surface area contributed by atoms with Crippen molar-refractivity contribution >= 4 is 5.91 Å². The minimum Gasteiger partial charge on any atom is -0.446 e. The molecule has 1 heterocycles. The van der Waals surface area contributed by atoms with Crippen LogP contribution in [0.25, 0.3) is 0 Å². The number of aromatic nitrogens is 1. The summed E-state index contributed by atoms with van der Waals surface area (Å²) >= 11 is 0. The molecule has 0 aliphatic heterocycles. The molecule has 0 aliphatic rings. The van der Waals surface area contributed by atoms with E-state index in [1.165, 1.54) is 6.26 Å². The van der Waals surface area contributed by atoms with Crippen LogP contribution in [0, 0.1) is 0 Å². The van der Waals surface area contributed by atoms with Gasteiger partial charge in [-0.25, -0.2) is 4.98 Å². The first kappa shape index (κ1) is 15.7. The van der Waals surface area contributed by atoms with Gasteiger partial charge in [-0.2, -0.15) is 0 Å². The molecule has 0 saturated carbocycles. The number of hydrogen-bond donors (Lipinski definition) is 2. The third-order valence-electron chi connectivity index (χ3n) is 2.63. The van der Waals surface area contributed by atoms with Gasteiger partial charge in [0.2, 0.25) is 5.89 Å². The molecule has 0 aromatic carbocycles. The zero-order valence-corrected chi connectivity index (χ0v) is 11.6. The first-order valence-electron chi connectivity index (χ1n) is 6.76. The molecule has 6 heteroatoms. The predicted molar refractivity (Wildman–Crippen MR) is 71.8 cm³/mol. The highest BCUT2D eigenvalue weighted by Gasteiger charge is 2.15. The second-order valence-electron chi connectivity index (χ2n) is 4.27. The third kappa shape index (κ3) is 5.40. The standard InChI is InChI=1S/C13H23N3O3/c1-3-6-10(14)13-16-11(9-19-13)12(17)15-7-5-8-18-4-2/h9-10H,3-8,14H2,1-2H3,(H,15,17). The molecule has 0 fully saturated rings. The van der Waals surface area contributed by atoms with Crippen molar-refractivity contribution in [2.24, 2.45) is 5.73 Å². The summed E-state index contributed by atoms with van der Waals surface area (Å²) in [5.74, 6) is 0.177. The quantitative estimate of drug-likeness (QED) is 0.665. The molecule has 0 aliphatic carbocycles. The molecule has 1 unspecified atom stereocenters. The lowest BCUT2D eigenvalue weighted by Gasteiger charge is -2.04. The zero-order valence-electron chi connectivity index (χ0n) is 11.6. The van der Waals surface area contributed by atoms with Crippen LogP contribution in [0.5, 0.6) is 0 Å². The maximum absolute atomic E-state index is 11.8. The Morgan fingerprint density at radius 2 is 2.37 bits per heavy atom. The number of amides is 1. The number of hydrogen-bond acceptors (Lipinski definition) is 5. The number of carbonyl (C=O) groups is 1. The van der Waals surface area contributed by atoms with Crippen molar-refractivity contribution in [3.05, 3.63) is 17.8 Å². The SMILES string of the molecule is CCCC(N)c1nc(C(=O)NCCCOCC)co1. The molecule has 0 radical (unpaired) electrons. The van der Waals surface area contributed by atoms with Gasteiger partial charge < -0.3 is 20.2 Å². The highest BCUT2D eigenvalue weighted by atomic mass is 16.5. The predicted octanol–water partition coefficient (Wildman–Crippen LogP) is 1.63. The summed E-state index contributed by atoms with van der Waals surface area (Å²) in [6.45, 7) is 5.87. The molecule has 0 bridgehead atoms. The van der Waals surface area contributed by atoms with Crippen molar-refractivity contribution in [1.29, 1.82) is 0 Å². The van der Waals surface area contributed by atoms with Gasteiger partial charge in [-0.1, -0.05) is 13.3 Å². The second kappa shape index (κ2) is 8.66. The van der Waals surface area contributed by atoms with Gasteiger partial charge >= 0.3 is 0 Å². The van der Waals surface area contributed by atoms with Crippen LogP contribution in [0.3, 0.4) is 0 Å². The molecule has 1 amide bonds. The third-order valence-corrected chi connectivity index (χ3v) is 2.63. The van der Waals surface area contributed by atoms with Crippen molar-refractivity contribution in [3.8, 4) is 0 Å². The van der Waals surface area contributed by atoms with E-state index in [1.54, 1.807) is 0 Å². The molecular weight excluding hydrogens is 246 g/mol. The van der Waals surface area contributed by atoms with Crippen molar-refractivity contribution < 1.29 is 13.9 Å². The first-order chi connectivity index (χ1) is 9.19. The number of nitrogens with two attached hydrogens (primary N) is 1. The fourth-order valence-electron chi connectivity index (χ4n) is 1.61. The Kier molecular flexibility index (Phi) is 7.14. The van der Waals surface area contributed by atoms with Crippen molar-refractivity contribution in [3.63, 3.8) is 0 Å². The minimum atomic E-state index is -0.246. The number of oxazole rings is 1. The highest BCUT2D eigenvalue weighted by Crippen LogP contribution is 2.14. The number of carbonyl (C=O) groups excluding carboxylic acids is 1. The van der Waals surface area contributed by atoms with E-state index in [2.05, 4.69) is 10.3 Å². The maximum atomic E-state index is 11.8. The topological polar surface area (TPSA) is 90.4 Å². The number of nitrogens with one attached hydrogen (secondary N) is 1. The van der Waals surface area contributed by atoms with Crippen LogP contribution >= 0.6 is 0 Å². The first-order valence-corrected chi connectivity index (χ1v) is 6.76. The van der Waals surface area contributed by atoms with Crippen LogP contribution in [-0.2, 0) is 4.74 Å². The van der Waals surface area contributed by atoms with E-state index in [0.717, 1.165) is 19.3 Å². The van der Waals surface area contributed by atoms with Gasteiger partial charge in [-0.15, -0.1) is 0 Å². The van der Waals surface area contributed by atoms with Crippen molar-refractivity contribution in [2.45, 2.75) is 39.2 Å². The van der Waals surface area contributed by atoms with E-state index < -0.39 is 0 Å². The van der Waals surface area contributed by atoms with Crippen LogP contribution in [0.4, 0.5) is 0 Å². The van der Waals surface area contributed by atoms with Crippen LogP contribution in [-0.4, -0.2) is 30.6 Å². The van der Waals surface area contributed by atoms with E-state index in [4.69, 9.17) is 14.9 Å². The van der Waals surface area contributed by atoms with Gasteiger partial charge in [-0.3, -0.25) is 4.79 Å². The Labute approximate surface area is 113 Å². The van der Waals surface area contributed by atoms with E-state index >= 15 is 0 Å². The summed E-state index contributed by atoms with van der Waals surface area (Å²) in [4.78, 5) is 15.9. The molecule has 1 atom stereocenters. The largest absolute Gasteiger partial charge is 0.446 e. The summed E-state index contributed by atoms with van der Waals surface area (Å²) in [6, 6.07) is -0.246. The fraction of sp³-hybridized carbons (Fsp3) is 0.692. The van der Waals surface area contributed by atoms with Gasteiger partial charge in [0.05, 0.1) is 6.04 Å². The van der Waals surface area contributed by atoms with Crippen LogP contribution < -0.4 is 11.1 Å². The van der Waals surface area contributed by atoms with Crippen molar-refractivity contribution in [1.82, 2.24) is 10.3 Å². The lowest BCUT2D eigenvalue weighted by Crippen LogP contribution is -2.25. The molecule has 1 rings (SSSR count). The van der Waals surface area contributed by atoms with Crippen LogP contribution in [0.2, 0.25) is 0 Å². The molecule has 1 aromatic rings. The Bertz CT molecular complexity index is 379. The lowest BCUT2D eigenvalue weighted by molar-refractivity contribution is 0.0939. The Morgan fingerprint density at radius 3 is 3.05 bits per heavy atom. The second-order valence-corrected chi connectivity index (χ2v) is 4.27. The van der Waals surface area contributed by atoms with E-state index in [0.29, 0.717) is 25.6 Å². The van der Waals surface area contributed by atoms with Gasteiger partial charge in [-0.05, 0) is 19.8 Å². The van der Waals surface area contributed by atoms with E-state index in [1.807, 2.05) is 13.8 Å². The lowest BCUT2D eigenvalue weighted by atomic mass is 10.2. The summed E-state index contributed by atoms with van der Waals surface area (Å²) in [5.41, 5.74) is 6.15. The van der Waals surface area contributed by atoms with Crippen LogP contribution in [0.1, 0.15) is 55.5 Å². The minimum absolute atomic E-state index is 0.241. The van der Waals surface area contributed by atoms with E-state index in [9.17, 15) is 4.79 Å². The van der Waals surface area contributed by atoms with Gasteiger partial charge in [0.15, 0.2) is 5.69 Å². The number of ether oxygens (including phenoxy) is 1.